The normalized spacial score (nSPS) is 21.1. The number of likely N-dealkylation sites (tertiary alicyclic amines) is 1. The summed E-state index contributed by atoms with van der Waals surface area (Å²) in [4.78, 5) is 47.2. The Morgan fingerprint density at radius 1 is 1.09 bits per heavy atom. The Bertz CT molecular complexity index is 1210. The van der Waals surface area contributed by atoms with Crippen LogP contribution in [-0.2, 0) is 14.4 Å². The van der Waals surface area contributed by atoms with Crippen LogP contribution in [0.25, 0.3) is 10.2 Å². The van der Waals surface area contributed by atoms with E-state index < -0.39 is 11.9 Å². The summed E-state index contributed by atoms with van der Waals surface area (Å²) in [7, 11) is 0. The van der Waals surface area contributed by atoms with E-state index in [4.69, 9.17) is 11.6 Å². The molecule has 0 bridgehead atoms. The maximum absolute atomic E-state index is 13.8. The average Bonchev–Trinajstić information content (AvgIpc) is 3.32. The maximum Gasteiger partial charge on any atom is 0.256 e. The molecule has 8 heteroatoms. The van der Waals surface area contributed by atoms with Gasteiger partial charge >= 0.3 is 0 Å². The second-order valence-electron chi connectivity index (χ2n) is 8.00. The number of imide groups is 1. The Labute approximate surface area is 194 Å². The monoisotopic (exact) mass is 465 g/mol. The van der Waals surface area contributed by atoms with Gasteiger partial charge in [-0.25, -0.2) is 4.98 Å². The van der Waals surface area contributed by atoms with Gasteiger partial charge in [-0.2, -0.15) is 0 Å². The highest BCUT2D eigenvalue weighted by Crippen LogP contribution is 2.39. The van der Waals surface area contributed by atoms with Crippen molar-refractivity contribution >= 4 is 61.7 Å². The third kappa shape index (κ3) is 3.42. The van der Waals surface area contributed by atoms with Gasteiger partial charge in [0.05, 0.1) is 27.7 Å². The van der Waals surface area contributed by atoms with E-state index >= 15 is 0 Å². The fourth-order valence-electron chi connectivity index (χ4n) is 4.41. The minimum atomic E-state index is -0.966. The van der Waals surface area contributed by atoms with Gasteiger partial charge in [0.15, 0.2) is 5.13 Å². The Morgan fingerprint density at radius 2 is 1.78 bits per heavy atom. The van der Waals surface area contributed by atoms with Crippen LogP contribution in [0.3, 0.4) is 0 Å². The summed E-state index contributed by atoms with van der Waals surface area (Å²) in [5.41, 5.74) is 1.30. The van der Waals surface area contributed by atoms with E-state index in [0.717, 1.165) is 15.1 Å². The first-order chi connectivity index (χ1) is 15.5. The van der Waals surface area contributed by atoms with E-state index in [1.54, 1.807) is 31.2 Å². The number of carbonyl (C=O) groups is 3. The third-order valence-electron chi connectivity index (χ3n) is 6.05. The van der Waals surface area contributed by atoms with Gasteiger partial charge in [-0.05, 0) is 50.1 Å². The van der Waals surface area contributed by atoms with Crippen LogP contribution in [0.2, 0.25) is 5.02 Å². The van der Waals surface area contributed by atoms with E-state index in [0.29, 0.717) is 28.7 Å². The van der Waals surface area contributed by atoms with Crippen LogP contribution in [0.4, 0.5) is 10.8 Å². The predicted octanol–water partition coefficient (Wildman–Crippen LogP) is 4.95. The van der Waals surface area contributed by atoms with E-state index in [9.17, 15) is 14.4 Å². The van der Waals surface area contributed by atoms with Crippen molar-refractivity contribution < 1.29 is 14.4 Å². The number of para-hydroxylation sites is 1. The SMILES string of the molecule is CC(C(=O)N(c1cccc(Cl)c1)c1nc2ccccc2s1)N1C(=O)C2CC=CCC2C1=O. The number of rotatable bonds is 4. The lowest BCUT2D eigenvalue weighted by atomic mass is 9.85. The largest absolute Gasteiger partial charge is 0.274 e. The number of amides is 3. The van der Waals surface area contributed by atoms with E-state index in [1.165, 1.54) is 16.2 Å². The van der Waals surface area contributed by atoms with Crippen LogP contribution in [0.5, 0.6) is 0 Å². The molecule has 2 aromatic carbocycles. The predicted molar refractivity (Wildman–Crippen MR) is 125 cm³/mol. The second kappa shape index (κ2) is 8.15. The summed E-state index contributed by atoms with van der Waals surface area (Å²) >= 11 is 7.58. The molecule has 1 aliphatic carbocycles. The molecule has 1 saturated heterocycles. The van der Waals surface area contributed by atoms with Gasteiger partial charge in [-0.3, -0.25) is 24.2 Å². The molecule has 0 N–H and O–H groups in total. The first kappa shape index (κ1) is 20.8. The zero-order valence-corrected chi connectivity index (χ0v) is 18.8. The fraction of sp³-hybridized carbons (Fsp3) is 0.250. The summed E-state index contributed by atoms with van der Waals surface area (Å²) in [6.45, 7) is 1.60. The van der Waals surface area contributed by atoms with Gasteiger partial charge in [0, 0.05) is 5.02 Å². The number of nitrogens with zero attached hydrogens (tertiary/aromatic N) is 3. The topological polar surface area (TPSA) is 70.6 Å². The molecule has 6 nitrogen and oxygen atoms in total. The highest BCUT2D eigenvalue weighted by Gasteiger charge is 2.50. The molecule has 1 fully saturated rings. The molecule has 32 heavy (non-hydrogen) atoms. The number of allylic oxidation sites excluding steroid dienone is 2. The van der Waals surface area contributed by atoms with Gasteiger partial charge in [0.25, 0.3) is 5.91 Å². The molecule has 3 amide bonds. The summed E-state index contributed by atoms with van der Waals surface area (Å²) in [5, 5.41) is 0.933. The lowest BCUT2D eigenvalue weighted by Gasteiger charge is -2.28. The Morgan fingerprint density at radius 3 is 2.44 bits per heavy atom. The standard InChI is InChI=1S/C24H20ClN3O3S/c1-14(27-22(30)17-9-2-3-10-18(17)23(27)31)21(29)28(16-8-6-7-15(25)13-16)24-26-19-11-4-5-12-20(19)32-24/h2-8,11-14,17-18H,9-10H2,1H3. The zero-order chi connectivity index (χ0) is 22.4. The molecule has 162 valence electrons. The van der Waals surface area contributed by atoms with Crippen molar-refractivity contribution in [3.8, 4) is 0 Å². The molecule has 0 radical (unpaired) electrons. The summed E-state index contributed by atoms with van der Waals surface area (Å²) in [5.74, 6) is -1.73. The number of hydrogen-bond donors (Lipinski definition) is 0. The maximum atomic E-state index is 13.8. The van der Waals surface area contributed by atoms with Crippen molar-refractivity contribution in [3.63, 3.8) is 0 Å². The van der Waals surface area contributed by atoms with Crippen LogP contribution < -0.4 is 4.90 Å². The number of carbonyl (C=O) groups excluding carboxylic acids is 3. The van der Waals surface area contributed by atoms with Gasteiger partial charge in [0.2, 0.25) is 11.8 Å². The molecule has 0 spiro atoms. The number of halogens is 1. The lowest BCUT2D eigenvalue weighted by Crippen LogP contribution is -2.48. The number of fused-ring (bicyclic) bond motifs is 2. The van der Waals surface area contributed by atoms with Crippen molar-refractivity contribution in [2.24, 2.45) is 11.8 Å². The van der Waals surface area contributed by atoms with Crippen LogP contribution in [0, 0.1) is 11.8 Å². The minimum Gasteiger partial charge on any atom is -0.274 e. The molecule has 3 aromatic rings. The van der Waals surface area contributed by atoms with Crippen LogP contribution in [0.15, 0.2) is 60.7 Å². The van der Waals surface area contributed by atoms with Crippen LogP contribution in [0.1, 0.15) is 19.8 Å². The first-order valence-electron chi connectivity index (χ1n) is 10.4. The van der Waals surface area contributed by atoms with E-state index in [-0.39, 0.29) is 23.7 Å². The average molecular weight is 466 g/mol. The van der Waals surface area contributed by atoms with Gasteiger partial charge in [-0.1, -0.05) is 53.3 Å². The summed E-state index contributed by atoms with van der Waals surface area (Å²) in [6.07, 6.45) is 4.93. The van der Waals surface area contributed by atoms with E-state index in [2.05, 4.69) is 4.98 Å². The third-order valence-corrected chi connectivity index (χ3v) is 7.30. The number of hydrogen-bond acceptors (Lipinski definition) is 5. The van der Waals surface area contributed by atoms with Crippen LogP contribution >= 0.6 is 22.9 Å². The highest BCUT2D eigenvalue weighted by molar-refractivity contribution is 7.22. The summed E-state index contributed by atoms with van der Waals surface area (Å²) < 4.78 is 0.931. The molecule has 3 atom stereocenters. The van der Waals surface area contributed by atoms with Crippen molar-refractivity contribution in [1.29, 1.82) is 0 Å². The molecule has 2 aliphatic rings. The van der Waals surface area contributed by atoms with Gasteiger partial charge in [0.1, 0.15) is 6.04 Å². The zero-order valence-electron chi connectivity index (χ0n) is 17.3. The van der Waals surface area contributed by atoms with Crippen molar-refractivity contribution in [1.82, 2.24) is 9.88 Å². The van der Waals surface area contributed by atoms with E-state index in [1.807, 2.05) is 36.4 Å². The number of aromatic nitrogens is 1. The first-order valence-corrected chi connectivity index (χ1v) is 11.6. The smallest absolute Gasteiger partial charge is 0.256 e. The second-order valence-corrected chi connectivity index (χ2v) is 9.44. The van der Waals surface area contributed by atoms with Crippen LogP contribution in [-0.4, -0.2) is 33.6 Å². The fourth-order valence-corrected chi connectivity index (χ4v) is 5.58. The molecule has 1 aliphatic heterocycles. The molecule has 5 rings (SSSR count). The summed E-state index contributed by atoms with van der Waals surface area (Å²) in [6, 6.07) is 13.6. The Balaban J connectivity index is 1.54. The Hall–Kier alpha value is -3.03. The molecule has 1 aromatic heterocycles. The molecular formula is C24H20ClN3O3S. The minimum absolute atomic E-state index is 0.277. The molecule has 0 saturated carbocycles. The Kier molecular flexibility index (Phi) is 5.31. The van der Waals surface area contributed by atoms with Crippen molar-refractivity contribution in [2.75, 3.05) is 4.90 Å². The number of anilines is 2. The van der Waals surface area contributed by atoms with Gasteiger partial charge in [-0.15, -0.1) is 0 Å². The quantitative estimate of drug-likeness (QED) is 0.403. The van der Waals surface area contributed by atoms with Crippen molar-refractivity contribution in [2.45, 2.75) is 25.8 Å². The number of benzene rings is 2. The molecular weight excluding hydrogens is 446 g/mol. The highest BCUT2D eigenvalue weighted by atomic mass is 35.5. The molecule has 2 heterocycles. The lowest BCUT2D eigenvalue weighted by molar-refractivity contribution is -0.146. The van der Waals surface area contributed by atoms with Crippen molar-refractivity contribution in [3.05, 3.63) is 65.7 Å². The molecule has 3 unspecified atom stereocenters. The number of thiazole rings is 1. The van der Waals surface area contributed by atoms with Gasteiger partial charge < -0.3 is 0 Å².